The van der Waals surface area contributed by atoms with Crippen LogP contribution >= 0.6 is 27.5 Å². The first-order chi connectivity index (χ1) is 7.20. The van der Waals surface area contributed by atoms with Crippen LogP contribution in [0, 0.1) is 6.92 Å². The number of aromatic nitrogens is 2. The van der Waals surface area contributed by atoms with Crippen LogP contribution in [-0.4, -0.2) is 9.78 Å². The SMILES string of the molecule is Cc1ccc(-n2ccc(CCl)n2)cc1Br. The van der Waals surface area contributed by atoms with Crippen LogP contribution in [0.2, 0.25) is 0 Å². The Morgan fingerprint density at radius 2 is 2.20 bits per heavy atom. The van der Waals surface area contributed by atoms with E-state index in [-0.39, 0.29) is 0 Å². The summed E-state index contributed by atoms with van der Waals surface area (Å²) in [6, 6.07) is 8.05. The average Bonchev–Trinajstić information content (AvgIpc) is 2.70. The van der Waals surface area contributed by atoms with Crippen LogP contribution in [0.3, 0.4) is 0 Å². The quantitative estimate of drug-likeness (QED) is 0.770. The summed E-state index contributed by atoms with van der Waals surface area (Å²) >= 11 is 9.20. The third-order valence-corrected chi connectivity index (χ3v) is 3.33. The summed E-state index contributed by atoms with van der Waals surface area (Å²) in [5.41, 5.74) is 3.13. The number of nitrogens with zero attached hydrogens (tertiary/aromatic N) is 2. The monoisotopic (exact) mass is 284 g/mol. The molecule has 2 aromatic rings. The molecule has 1 aromatic heterocycles. The fourth-order valence-corrected chi connectivity index (χ4v) is 1.81. The fourth-order valence-electron chi connectivity index (χ4n) is 1.30. The second-order valence-corrected chi connectivity index (χ2v) is 4.44. The summed E-state index contributed by atoms with van der Waals surface area (Å²) in [5, 5.41) is 4.33. The maximum Gasteiger partial charge on any atom is 0.0776 e. The molecule has 0 saturated heterocycles. The van der Waals surface area contributed by atoms with Crippen molar-refractivity contribution in [2.45, 2.75) is 12.8 Å². The second kappa shape index (κ2) is 4.37. The van der Waals surface area contributed by atoms with Crippen molar-refractivity contribution in [3.05, 3.63) is 46.2 Å². The van der Waals surface area contributed by atoms with E-state index in [2.05, 4.69) is 34.0 Å². The molecule has 0 atom stereocenters. The van der Waals surface area contributed by atoms with Gasteiger partial charge in [0.25, 0.3) is 0 Å². The number of hydrogen-bond acceptors (Lipinski definition) is 1. The Morgan fingerprint density at radius 3 is 2.80 bits per heavy atom. The molecule has 1 heterocycles. The van der Waals surface area contributed by atoms with Gasteiger partial charge in [0.1, 0.15) is 0 Å². The molecule has 0 aliphatic heterocycles. The van der Waals surface area contributed by atoms with Gasteiger partial charge in [-0.25, -0.2) is 4.68 Å². The molecular weight excluding hydrogens is 275 g/mol. The van der Waals surface area contributed by atoms with Crippen LogP contribution in [-0.2, 0) is 5.88 Å². The number of rotatable bonds is 2. The number of hydrogen-bond donors (Lipinski definition) is 0. The van der Waals surface area contributed by atoms with Crippen molar-refractivity contribution < 1.29 is 0 Å². The predicted molar refractivity (Wildman–Crippen MR) is 65.6 cm³/mol. The average molecular weight is 286 g/mol. The zero-order valence-corrected chi connectivity index (χ0v) is 10.6. The molecule has 2 nitrogen and oxygen atoms in total. The predicted octanol–water partition coefficient (Wildman–Crippen LogP) is 3.68. The maximum atomic E-state index is 5.70. The van der Waals surface area contributed by atoms with E-state index in [1.54, 1.807) is 0 Å². The minimum Gasteiger partial charge on any atom is -0.241 e. The number of aryl methyl sites for hydroxylation is 1. The van der Waals surface area contributed by atoms with Crippen LogP contribution < -0.4 is 0 Å². The van der Waals surface area contributed by atoms with Gasteiger partial charge in [0.15, 0.2) is 0 Å². The largest absolute Gasteiger partial charge is 0.241 e. The number of alkyl halides is 1. The van der Waals surface area contributed by atoms with E-state index in [9.17, 15) is 0 Å². The summed E-state index contributed by atoms with van der Waals surface area (Å²) in [6.07, 6.45) is 1.91. The van der Waals surface area contributed by atoms with Crippen molar-refractivity contribution in [3.63, 3.8) is 0 Å². The zero-order valence-electron chi connectivity index (χ0n) is 8.24. The summed E-state index contributed by atoms with van der Waals surface area (Å²) in [6.45, 7) is 2.06. The summed E-state index contributed by atoms with van der Waals surface area (Å²) in [4.78, 5) is 0. The molecule has 1 aromatic carbocycles. The summed E-state index contributed by atoms with van der Waals surface area (Å²) in [7, 11) is 0. The van der Waals surface area contributed by atoms with E-state index in [0.29, 0.717) is 5.88 Å². The third kappa shape index (κ3) is 2.24. The van der Waals surface area contributed by atoms with Gasteiger partial charge in [-0.05, 0) is 30.7 Å². The molecule has 0 fully saturated rings. The molecule has 0 amide bonds. The molecule has 4 heteroatoms. The molecule has 0 aliphatic carbocycles. The van der Waals surface area contributed by atoms with Gasteiger partial charge in [-0.1, -0.05) is 22.0 Å². The highest BCUT2D eigenvalue weighted by atomic mass is 79.9. The Balaban J connectivity index is 2.40. The first-order valence-electron chi connectivity index (χ1n) is 4.58. The van der Waals surface area contributed by atoms with E-state index in [1.807, 2.05) is 29.1 Å². The van der Waals surface area contributed by atoms with Gasteiger partial charge in [-0.15, -0.1) is 11.6 Å². The molecule has 15 heavy (non-hydrogen) atoms. The smallest absolute Gasteiger partial charge is 0.0776 e. The normalized spacial score (nSPS) is 10.6. The van der Waals surface area contributed by atoms with Gasteiger partial charge in [0.2, 0.25) is 0 Å². The van der Waals surface area contributed by atoms with Crippen LogP contribution in [0.15, 0.2) is 34.9 Å². The van der Waals surface area contributed by atoms with Crippen LogP contribution in [0.25, 0.3) is 5.69 Å². The van der Waals surface area contributed by atoms with Crippen molar-refractivity contribution in [1.29, 1.82) is 0 Å². The van der Waals surface area contributed by atoms with Gasteiger partial charge in [-0.3, -0.25) is 0 Å². The van der Waals surface area contributed by atoms with Crippen molar-refractivity contribution in [2.24, 2.45) is 0 Å². The Labute approximate surface area is 102 Å². The molecule has 0 saturated carbocycles. The molecule has 0 unspecified atom stereocenters. The highest BCUT2D eigenvalue weighted by Gasteiger charge is 2.02. The molecule has 0 spiro atoms. The Morgan fingerprint density at radius 1 is 1.40 bits per heavy atom. The zero-order chi connectivity index (χ0) is 10.8. The topological polar surface area (TPSA) is 17.8 Å². The lowest BCUT2D eigenvalue weighted by Gasteiger charge is -2.03. The Hall–Kier alpha value is -0.800. The molecule has 0 bridgehead atoms. The maximum absolute atomic E-state index is 5.70. The second-order valence-electron chi connectivity index (χ2n) is 3.32. The summed E-state index contributed by atoms with van der Waals surface area (Å²) in [5.74, 6) is 0.444. The van der Waals surface area contributed by atoms with Gasteiger partial charge >= 0.3 is 0 Å². The third-order valence-electron chi connectivity index (χ3n) is 2.20. The van der Waals surface area contributed by atoms with E-state index in [0.717, 1.165) is 15.9 Å². The molecule has 0 radical (unpaired) electrons. The fraction of sp³-hybridized carbons (Fsp3) is 0.182. The number of halogens is 2. The van der Waals surface area contributed by atoms with Crippen molar-refractivity contribution >= 4 is 27.5 Å². The van der Waals surface area contributed by atoms with Crippen LogP contribution in [0.5, 0.6) is 0 Å². The minimum atomic E-state index is 0.444. The lowest BCUT2D eigenvalue weighted by Crippen LogP contribution is -1.95. The van der Waals surface area contributed by atoms with E-state index >= 15 is 0 Å². The van der Waals surface area contributed by atoms with Gasteiger partial charge < -0.3 is 0 Å². The molecule has 2 rings (SSSR count). The van der Waals surface area contributed by atoms with Crippen molar-refractivity contribution in [1.82, 2.24) is 9.78 Å². The molecule has 0 N–H and O–H groups in total. The summed E-state index contributed by atoms with van der Waals surface area (Å²) < 4.78 is 2.91. The van der Waals surface area contributed by atoms with Crippen molar-refractivity contribution in [3.8, 4) is 5.69 Å². The number of benzene rings is 1. The van der Waals surface area contributed by atoms with Gasteiger partial charge in [0, 0.05) is 10.7 Å². The lowest BCUT2D eigenvalue weighted by atomic mass is 10.2. The highest BCUT2D eigenvalue weighted by molar-refractivity contribution is 9.10. The van der Waals surface area contributed by atoms with Crippen LogP contribution in [0.4, 0.5) is 0 Å². The van der Waals surface area contributed by atoms with E-state index in [1.165, 1.54) is 5.56 Å². The first-order valence-corrected chi connectivity index (χ1v) is 5.90. The molecule has 78 valence electrons. The van der Waals surface area contributed by atoms with Crippen LogP contribution in [0.1, 0.15) is 11.3 Å². The first kappa shape index (κ1) is 10.7. The Bertz CT molecular complexity index is 479. The van der Waals surface area contributed by atoms with E-state index in [4.69, 9.17) is 11.6 Å². The molecular formula is C11H10BrClN2. The minimum absolute atomic E-state index is 0.444. The molecule has 0 aliphatic rings. The van der Waals surface area contributed by atoms with Crippen molar-refractivity contribution in [2.75, 3.05) is 0 Å². The van der Waals surface area contributed by atoms with E-state index < -0.39 is 0 Å². The lowest BCUT2D eigenvalue weighted by molar-refractivity contribution is 0.857. The standard InChI is InChI=1S/C11H10BrClN2/c1-8-2-3-10(6-11(8)12)15-5-4-9(7-13)14-15/h2-6H,7H2,1H3. The highest BCUT2D eigenvalue weighted by Crippen LogP contribution is 2.19. The van der Waals surface area contributed by atoms with Gasteiger partial charge in [-0.2, -0.15) is 5.10 Å². The Kier molecular flexibility index (Phi) is 3.12. The van der Waals surface area contributed by atoms with Gasteiger partial charge in [0.05, 0.1) is 17.3 Å².